The Morgan fingerprint density at radius 2 is 1.78 bits per heavy atom. The third-order valence-corrected chi connectivity index (χ3v) is 4.62. The zero-order valence-corrected chi connectivity index (χ0v) is 13.3. The second-order valence-corrected chi connectivity index (χ2v) is 8.81. The van der Waals surface area contributed by atoms with Crippen molar-refractivity contribution in [2.24, 2.45) is 16.7 Å². The van der Waals surface area contributed by atoms with Gasteiger partial charge in [0.05, 0.1) is 6.10 Å². The van der Waals surface area contributed by atoms with Crippen LogP contribution in [0.2, 0.25) is 0 Å². The minimum absolute atomic E-state index is 0.202. The van der Waals surface area contributed by atoms with E-state index in [4.69, 9.17) is 4.74 Å². The molecule has 3 atom stereocenters. The average molecular weight is 253 g/mol. The van der Waals surface area contributed by atoms with Gasteiger partial charge in [0.1, 0.15) is 0 Å². The zero-order chi connectivity index (χ0) is 13.8. The lowest BCUT2D eigenvalue weighted by molar-refractivity contribution is -0.120. The molecule has 1 aliphatic heterocycles. The topological polar surface area (TPSA) is 21.3 Å². The second kappa shape index (κ2) is 4.21. The highest BCUT2D eigenvalue weighted by Gasteiger charge is 2.60. The summed E-state index contributed by atoms with van der Waals surface area (Å²) < 4.78 is 5.87. The van der Waals surface area contributed by atoms with E-state index in [-0.39, 0.29) is 11.0 Å². The summed E-state index contributed by atoms with van der Waals surface area (Å²) in [6, 6.07) is 0.613. The van der Waals surface area contributed by atoms with Crippen molar-refractivity contribution in [2.75, 3.05) is 6.61 Å². The van der Waals surface area contributed by atoms with Gasteiger partial charge >= 0.3 is 0 Å². The molecular formula is C16H31NO. The van der Waals surface area contributed by atoms with Crippen molar-refractivity contribution in [1.29, 1.82) is 0 Å². The SMILES string of the molecule is CC(C)(C)CC(C)(C)NC1C2CCOC2C1(C)C. The molecular weight excluding hydrogens is 222 g/mol. The normalized spacial score (nSPS) is 35.2. The van der Waals surface area contributed by atoms with Gasteiger partial charge in [0.2, 0.25) is 0 Å². The highest BCUT2D eigenvalue weighted by molar-refractivity contribution is 5.12. The van der Waals surface area contributed by atoms with E-state index in [9.17, 15) is 0 Å². The van der Waals surface area contributed by atoms with Gasteiger partial charge in [-0.2, -0.15) is 0 Å². The molecule has 0 aromatic heterocycles. The van der Waals surface area contributed by atoms with Gasteiger partial charge in [-0.1, -0.05) is 34.6 Å². The summed E-state index contributed by atoms with van der Waals surface area (Å²) in [5.41, 5.74) is 0.861. The fourth-order valence-electron chi connectivity index (χ4n) is 4.42. The molecule has 18 heavy (non-hydrogen) atoms. The van der Waals surface area contributed by atoms with E-state index < -0.39 is 0 Å². The van der Waals surface area contributed by atoms with E-state index in [1.165, 1.54) is 12.8 Å². The van der Waals surface area contributed by atoms with E-state index in [1.807, 2.05) is 0 Å². The Morgan fingerprint density at radius 3 is 2.33 bits per heavy atom. The van der Waals surface area contributed by atoms with Crippen LogP contribution in [0.15, 0.2) is 0 Å². The third-order valence-electron chi connectivity index (χ3n) is 4.62. The molecule has 3 unspecified atom stereocenters. The number of ether oxygens (including phenoxy) is 1. The second-order valence-electron chi connectivity index (χ2n) is 8.81. The molecule has 1 saturated heterocycles. The van der Waals surface area contributed by atoms with Crippen LogP contribution in [0, 0.1) is 16.7 Å². The number of fused-ring (bicyclic) bond motifs is 1. The van der Waals surface area contributed by atoms with Gasteiger partial charge in [-0.25, -0.2) is 0 Å². The van der Waals surface area contributed by atoms with Crippen LogP contribution in [0.25, 0.3) is 0 Å². The van der Waals surface area contributed by atoms with E-state index in [0.29, 0.717) is 17.6 Å². The van der Waals surface area contributed by atoms with Crippen LogP contribution in [-0.2, 0) is 4.74 Å². The van der Waals surface area contributed by atoms with Gasteiger partial charge in [-0.3, -0.25) is 0 Å². The molecule has 1 saturated carbocycles. The van der Waals surface area contributed by atoms with Crippen molar-refractivity contribution in [3.63, 3.8) is 0 Å². The van der Waals surface area contributed by atoms with Crippen molar-refractivity contribution in [1.82, 2.24) is 5.32 Å². The molecule has 2 aliphatic rings. The van der Waals surface area contributed by atoms with Crippen LogP contribution in [0.1, 0.15) is 61.3 Å². The number of rotatable bonds is 3. The summed E-state index contributed by atoms with van der Waals surface area (Å²) in [6.45, 7) is 17.3. The Morgan fingerprint density at radius 1 is 1.17 bits per heavy atom. The Kier molecular flexibility index (Phi) is 3.35. The molecule has 0 amide bonds. The van der Waals surface area contributed by atoms with Crippen molar-refractivity contribution in [3.8, 4) is 0 Å². The largest absolute Gasteiger partial charge is 0.377 e. The maximum absolute atomic E-state index is 5.87. The predicted octanol–water partition coefficient (Wildman–Crippen LogP) is 3.60. The lowest BCUT2D eigenvalue weighted by Crippen LogP contribution is -2.69. The van der Waals surface area contributed by atoms with Gasteiger partial charge in [0.15, 0.2) is 0 Å². The first-order valence-electron chi connectivity index (χ1n) is 7.42. The highest BCUT2D eigenvalue weighted by atomic mass is 16.5. The van der Waals surface area contributed by atoms with Gasteiger partial charge in [0, 0.05) is 29.5 Å². The minimum Gasteiger partial charge on any atom is -0.377 e. The standard InChI is InChI=1S/C16H31NO/c1-14(2,3)10-15(4,5)17-12-11-8-9-18-13(11)16(12,6)7/h11-13,17H,8-10H2,1-7H3. The molecule has 2 fully saturated rings. The Hall–Kier alpha value is -0.0800. The van der Waals surface area contributed by atoms with Crippen LogP contribution < -0.4 is 5.32 Å². The molecule has 1 heterocycles. The third kappa shape index (κ3) is 2.60. The number of hydrogen-bond acceptors (Lipinski definition) is 2. The van der Waals surface area contributed by atoms with Crippen LogP contribution in [-0.4, -0.2) is 24.3 Å². The van der Waals surface area contributed by atoms with Gasteiger partial charge in [-0.05, 0) is 32.1 Å². The molecule has 0 aromatic carbocycles. The Labute approximate surface area is 113 Å². The summed E-state index contributed by atoms with van der Waals surface area (Å²) in [5, 5.41) is 3.93. The summed E-state index contributed by atoms with van der Waals surface area (Å²) in [5.74, 6) is 0.735. The first kappa shape index (κ1) is 14.3. The van der Waals surface area contributed by atoms with E-state index >= 15 is 0 Å². The molecule has 106 valence electrons. The lowest BCUT2D eigenvalue weighted by Gasteiger charge is -2.57. The van der Waals surface area contributed by atoms with Crippen molar-refractivity contribution >= 4 is 0 Å². The fraction of sp³-hybridized carbons (Fsp3) is 1.00. The molecule has 0 spiro atoms. The molecule has 0 bridgehead atoms. The molecule has 1 aliphatic carbocycles. The smallest absolute Gasteiger partial charge is 0.0685 e. The minimum atomic E-state index is 0.202. The van der Waals surface area contributed by atoms with Gasteiger partial charge in [-0.15, -0.1) is 0 Å². The van der Waals surface area contributed by atoms with Gasteiger partial charge < -0.3 is 10.1 Å². The summed E-state index contributed by atoms with van der Waals surface area (Å²) in [6.07, 6.45) is 2.92. The van der Waals surface area contributed by atoms with E-state index in [0.717, 1.165) is 12.5 Å². The zero-order valence-electron chi connectivity index (χ0n) is 13.3. The van der Waals surface area contributed by atoms with Crippen molar-refractivity contribution in [3.05, 3.63) is 0 Å². The van der Waals surface area contributed by atoms with Crippen LogP contribution in [0.3, 0.4) is 0 Å². The Balaban J connectivity index is 2.01. The van der Waals surface area contributed by atoms with Crippen molar-refractivity contribution in [2.45, 2.75) is 79.0 Å². The summed E-state index contributed by atoms with van der Waals surface area (Å²) in [7, 11) is 0. The summed E-state index contributed by atoms with van der Waals surface area (Å²) in [4.78, 5) is 0. The fourth-order valence-corrected chi connectivity index (χ4v) is 4.42. The van der Waals surface area contributed by atoms with Crippen LogP contribution >= 0.6 is 0 Å². The van der Waals surface area contributed by atoms with Crippen LogP contribution in [0.5, 0.6) is 0 Å². The molecule has 2 heteroatoms. The first-order valence-corrected chi connectivity index (χ1v) is 7.42. The molecule has 2 nitrogen and oxygen atoms in total. The predicted molar refractivity (Wildman–Crippen MR) is 76.7 cm³/mol. The quantitative estimate of drug-likeness (QED) is 0.829. The number of nitrogens with one attached hydrogen (secondary N) is 1. The maximum Gasteiger partial charge on any atom is 0.0685 e. The van der Waals surface area contributed by atoms with E-state index in [1.54, 1.807) is 0 Å². The van der Waals surface area contributed by atoms with Crippen LogP contribution in [0.4, 0.5) is 0 Å². The molecule has 1 N–H and O–H groups in total. The van der Waals surface area contributed by atoms with Gasteiger partial charge in [0.25, 0.3) is 0 Å². The highest BCUT2D eigenvalue weighted by Crippen LogP contribution is 2.52. The van der Waals surface area contributed by atoms with E-state index in [2.05, 4.69) is 53.8 Å². The first-order chi connectivity index (χ1) is 8.03. The summed E-state index contributed by atoms with van der Waals surface area (Å²) >= 11 is 0. The number of hydrogen-bond donors (Lipinski definition) is 1. The van der Waals surface area contributed by atoms with Crippen molar-refractivity contribution < 1.29 is 4.74 Å². The lowest BCUT2D eigenvalue weighted by atomic mass is 9.56. The molecule has 0 aromatic rings. The maximum atomic E-state index is 5.87. The Bertz CT molecular complexity index is 314. The monoisotopic (exact) mass is 253 g/mol. The molecule has 2 rings (SSSR count). The average Bonchev–Trinajstić information content (AvgIpc) is 2.56. The molecule has 0 radical (unpaired) electrons.